The van der Waals surface area contributed by atoms with Crippen molar-refractivity contribution in [1.82, 2.24) is 24.0 Å². The number of hydrogen-bond donors (Lipinski definition) is 2. The van der Waals surface area contributed by atoms with Crippen LogP contribution in [0.5, 0.6) is 0 Å². The number of aromatic nitrogens is 4. The Bertz CT molecular complexity index is 1020. The van der Waals surface area contributed by atoms with E-state index in [2.05, 4.69) is 17.2 Å². The average molecular weight is 595 g/mol. The van der Waals surface area contributed by atoms with Crippen LogP contribution in [-0.4, -0.2) is 42.9 Å². The number of hydrogen-bond acceptors (Lipinski definition) is 5. The van der Waals surface area contributed by atoms with E-state index in [1.54, 1.807) is 4.57 Å². The fourth-order valence-corrected chi connectivity index (χ4v) is 4.43. The van der Waals surface area contributed by atoms with Crippen LogP contribution in [0, 0.1) is 5.92 Å². The molecule has 0 aliphatic carbocycles. The molecule has 0 spiro atoms. The van der Waals surface area contributed by atoms with E-state index in [1.165, 1.54) is 4.57 Å². The van der Waals surface area contributed by atoms with Crippen molar-refractivity contribution in [3.63, 3.8) is 0 Å². The van der Waals surface area contributed by atoms with Crippen LogP contribution in [0.1, 0.15) is 64.1 Å². The summed E-state index contributed by atoms with van der Waals surface area (Å²) in [6.07, 6.45) is 6.84. The molecule has 33 heavy (non-hydrogen) atoms. The van der Waals surface area contributed by atoms with Crippen LogP contribution < -0.4 is 16.6 Å². The van der Waals surface area contributed by atoms with Crippen LogP contribution in [-0.2, 0) is 31.4 Å². The lowest BCUT2D eigenvalue weighted by molar-refractivity contribution is -0.137. The molecule has 1 aliphatic heterocycles. The van der Waals surface area contributed by atoms with Crippen molar-refractivity contribution in [1.29, 1.82) is 0 Å². The Morgan fingerprint density at radius 3 is 2.39 bits per heavy atom. The van der Waals surface area contributed by atoms with Gasteiger partial charge in [-0.05, 0) is 57.5 Å². The lowest BCUT2D eigenvalue weighted by atomic mass is 9.93. The van der Waals surface area contributed by atoms with Crippen molar-refractivity contribution < 1.29 is 9.90 Å². The summed E-state index contributed by atoms with van der Waals surface area (Å²) < 4.78 is 4.84. The summed E-state index contributed by atoms with van der Waals surface area (Å²) >= 11 is 0. The number of imidazole rings is 1. The second-order valence-corrected chi connectivity index (χ2v) is 8.59. The summed E-state index contributed by atoms with van der Waals surface area (Å²) in [5.41, 5.74) is 0.253. The fraction of sp³-hybridized carbons (Fsp3) is 0.727. The molecule has 1 fully saturated rings. The Balaban J connectivity index is 0.00000272. The largest absolute Gasteiger partial charge is 0.481 e. The maximum absolute atomic E-state index is 13.2. The minimum Gasteiger partial charge on any atom is -0.481 e. The highest BCUT2D eigenvalue weighted by Gasteiger charge is 2.21. The third kappa shape index (κ3) is 7.26. The lowest BCUT2D eigenvalue weighted by Crippen LogP contribution is -2.40. The number of carbonyl (C=O) groups is 1. The van der Waals surface area contributed by atoms with Gasteiger partial charge in [0.25, 0.3) is 5.56 Å². The van der Waals surface area contributed by atoms with Gasteiger partial charge in [-0.2, -0.15) is 0 Å². The van der Waals surface area contributed by atoms with E-state index in [0.29, 0.717) is 36.5 Å². The molecule has 0 atom stereocenters. The first-order valence-electron chi connectivity index (χ1n) is 11.6. The summed E-state index contributed by atoms with van der Waals surface area (Å²) in [7, 11) is 1.89. The van der Waals surface area contributed by atoms with Crippen LogP contribution in [0.3, 0.4) is 0 Å². The van der Waals surface area contributed by atoms with E-state index in [1.807, 2.05) is 11.6 Å². The zero-order valence-corrected chi connectivity index (χ0v) is 23.0. The summed E-state index contributed by atoms with van der Waals surface area (Å²) in [6, 6.07) is 0. The Morgan fingerprint density at radius 2 is 1.76 bits per heavy atom. The van der Waals surface area contributed by atoms with Crippen molar-refractivity contribution in [2.45, 2.75) is 77.8 Å². The van der Waals surface area contributed by atoms with Gasteiger partial charge >= 0.3 is 11.7 Å². The van der Waals surface area contributed by atoms with Gasteiger partial charge in [0.1, 0.15) is 11.5 Å². The predicted molar refractivity (Wildman–Crippen MR) is 140 cm³/mol. The summed E-state index contributed by atoms with van der Waals surface area (Å²) in [4.78, 5) is 41.7. The molecule has 0 radical (unpaired) electrons. The van der Waals surface area contributed by atoms with Gasteiger partial charge < -0.3 is 15.0 Å². The quantitative estimate of drug-likeness (QED) is 0.387. The molecular formula is C22H37Br2N5O4. The highest BCUT2D eigenvalue weighted by atomic mass is 79.9. The first-order valence-corrected chi connectivity index (χ1v) is 11.6. The number of fused-ring (bicyclic) bond motifs is 1. The SMILES string of the molecule is Br.Br.CCCCn1c(=O)n(CCCCC(=O)O)c(=O)c2nc(CCC3CCNCC3)n(C)c21. The number of piperidine rings is 1. The number of nitrogens with zero attached hydrogens (tertiary/aromatic N) is 4. The Hall–Kier alpha value is -1.46. The number of nitrogens with one attached hydrogen (secondary N) is 1. The third-order valence-corrected chi connectivity index (χ3v) is 6.32. The fourth-order valence-electron chi connectivity index (χ4n) is 4.43. The molecule has 0 saturated carbocycles. The van der Waals surface area contributed by atoms with E-state index in [-0.39, 0.29) is 58.2 Å². The molecule has 0 unspecified atom stereocenters. The summed E-state index contributed by atoms with van der Waals surface area (Å²) in [5.74, 6) is 0.638. The van der Waals surface area contributed by atoms with E-state index in [4.69, 9.17) is 5.11 Å². The Labute approximate surface area is 215 Å². The molecule has 0 amide bonds. The van der Waals surface area contributed by atoms with E-state index < -0.39 is 5.97 Å². The normalized spacial score (nSPS) is 14.1. The monoisotopic (exact) mass is 593 g/mol. The van der Waals surface area contributed by atoms with Gasteiger partial charge in [-0.15, -0.1) is 34.0 Å². The molecule has 0 aromatic carbocycles. The molecule has 2 aromatic rings. The first kappa shape index (κ1) is 29.6. The van der Waals surface area contributed by atoms with Crippen molar-refractivity contribution >= 4 is 51.1 Å². The van der Waals surface area contributed by atoms with E-state index in [9.17, 15) is 14.4 Å². The molecule has 3 heterocycles. The minimum atomic E-state index is -0.869. The second-order valence-electron chi connectivity index (χ2n) is 8.59. The molecule has 1 aliphatic rings. The highest BCUT2D eigenvalue weighted by molar-refractivity contribution is 8.93. The van der Waals surface area contributed by atoms with Gasteiger partial charge in [0.2, 0.25) is 0 Å². The average Bonchev–Trinajstić information content (AvgIpc) is 3.09. The number of rotatable bonds is 11. The minimum absolute atomic E-state index is 0. The molecule has 11 heteroatoms. The number of unbranched alkanes of at least 4 members (excludes halogenated alkanes) is 2. The molecule has 2 N–H and O–H groups in total. The van der Waals surface area contributed by atoms with Gasteiger partial charge in [0, 0.05) is 33.0 Å². The maximum Gasteiger partial charge on any atom is 0.332 e. The summed E-state index contributed by atoms with van der Waals surface area (Å²) in [6.45, 7) is 4.92. The standard InChI is InChI=1S/C22H35N5O4.2BrH/c1-3-4-14-26-20-19(21(30)27(22(26)31)15-6-5-7-18(28)29)24-17(25(20)2)9-8-16-10-12-23-13-11-16;;/h16,23H,3-15H2,1-2H3,(H,28,29);2*1H. The predicted octanol–water partition coefficient (Wildman–Crippen LogP) is 3.04. The van der Waals surface area contributed by atoms with Crippen molar-refractivity contribution in [2.75, 3.05) is 13.1 Å². The van der Waals surface area contributed by atoms with E-state index in [0.717, 1.165) is 57.4 Å². The first-order chi connectivity index (χ1) is 14.9. The van der Waals surface area contributed by atoms with Gasteiger partial charge in [-0.1, -0.05) is 13.3 Å². The highest BCUT2D eigenvalue weighted by Crippen LogP contribution is 2.20. The number of carboxylic acids is 1. The van der Waals surface area contributed by atoms with Gasteiger partial charge in [-0.3, -0.25) is 18.7 Å². The number of aliphatic carboxylic acids is 1. The lowest BCUT2D eigenvalue weighted by Gasteiger charge is -2.22. The molecule has 9 nitrogen and oxygen atoms in total. The van der Waals surface area contributed by atoms with Crippen LogP contribution >= 0.6 is 34.0 Å². The molecule has 0 bridgehead atoms. The molecular weight excluding hydrogens is 558 g/mol. The molecule has 2 aromatic heterocycles. The topological polar surface area (TPSA) is 111 Å². The van der Waals surface area contributed by atoms with Crippen LogP contribution in [0.4, 0.5) is 0 Å². The number of carboxylic acid groups (broad SMARTS) is 1. The molecule has 1 saturated heterocycles. The third-order valence-electron chi connectivity index (χ3n) is 6.32. The molecule has 188 valence electrons. The van der Waals surface area contributed by atoms with Gasteiger partial charge in [-0.25, -0.2) is 9.78 Å². The Kier molecular flexibility index (Phi) is 12.6. The van der Waals surface area contributed by atoms with Crippen molar-refractivity contribution in [3.8, 4) is 0 Å². The zero-order valence-electron chi connectivity index (χ0n) is 19.5. The van der Waals surface area contributed by atoms with Crippen molar-refractivity contribution in [3.05, 3.63) is 26.7 Å². The Morgan fingerprint density at radius 1 is 1.09 bits per heavy atom. The van der Waals surface area contributed by atoms with Crippen LogP contribution in [0.2, 0.25) is 0 Å². The van der Waals surface area contributed by atoms with Gasteiger partial charge in [0.15, 0.2) is 5.52 Å². The van der Waals surface area contributed by atoms with Gasteiger partial charge in [0.05, 0.1) is 0 Å². The second kappa shape index (κ2) is 14.1. The summed E-state index contributed by atoms with van der Waals surface area (Å²) in [5, 5.41) is 12.2. The zero-order chi connectivity index (χ0) is 22.4. The van der Waals surface area contributed by atoms with E-state index >= 15 is 0 Å². The van der Waals surface area contributed by atoms with Crippen LogP contribution in [0.25, 0.3) is 11.2 Å². The number of halogens is 2. The number of aryl methyl sites for hydroxylation is 3. The smallest absolute Gasteiger partial charge is 0.332 e. The maximum atomic E-state index is 13.2. The molecule has 3 rings (SSSR count). The van der Waals surface area contributed by atoms with Crippen LogP contribution in [0.15, 0.2) is 9.59 Å². The van der Waals surface area contributed by atoms with Crippen molar-refractivity contribution in [2.24, 2.45) is 13.0 Å².